The standard InChI is InChI=1S/C22H21FN2O2/c1-15-2-5-18(6-3-15)27-14-22(26)25-10-8-16(9-11-25)20-13-24-21-12-17(23)4-7-19(20)21/h2-8,12-13,24H,9-11,14H2,1H3. The first kappa shape index (κ1) is 17.3. The number of hydrogen-bond acceptors (Lipinski definition) is 2. The summed E-state index contributed by atoms with van der Waals surface area (Å²) in [5.74, 6) is 0.430. The number of carbonyl (C=O) groups excluding carboxylic acids is 1. The molecule has 1 aliphatic rings. The zero-order chi connectivity index (χ0) is 18.8. The molecule has 3 aromatic rings. The Balaban J connectivity index is 1.40. The van der Waals surface area contributed by atoms with Gasteiger partial charge in [0, 0.05) is 35.8 Å². The number of fused-ring (bicyclic) bond motifs is 1. The van der Waals surface area contributed by atoms with Crippen molar-refractivity contribution < 1.29 is 13.9 Å². The second-order valence-electron chi connectivity index (χ2n) is 6.81. The lowest BCUT2D eigenvalue weighted by Crippen LogP contribution is -2.37. The molecule has 1 amide bonds. The van der Waals surface area contributed by atoms with Gasteiger partial charge in [-0.2, -0.15) is 0 Å². The van der Waals surface area contributed by atoms with Gasteiger partial charge in [0.05, 0.1) is 0 Å². The van der Waals surface area contributed by atoms with Gasteiger partial charge in [-0.1, -0.05) is 23.8 Å². The Hall–Kier alpha value is -3.08. The average Bonchev–Trinajstić information content (AvgIpc) is 3.10. The summed E-state index contributed by atoms with van der Waals surface area (Å²) in [6, 6.07) is 12.4. The molecule has 0 bridgehead atoms. The molecule has 138 valence electrons. The van der Waals surface area contributed by atoms with E-state index in [-0.39, 0.29) is 18.3 Å². The lowest BCUT2D eigenvalue weighted by Gasteiger charge is -2.26. The highest BCUT2D eigenvalue weighted by molar-refractivity contribution is 5.93. The molecule has 2 aromatic carbocycles. The number of nitrogens with zero attached hydrogens (tertiary/aromatic N) is 1. The molecule has 0 saturated carbocycles. The fourth-order valence-electron chi connectivity index (χ4n) is 3.38. The molecule has 2 heterocycles. The topological polar surface area (TPSA) is 45.3 Å². The molecule has 0 aliphatic carbocycles. The van der Waals surface area contributed by atoms with Crippen molar-refractivity contribution in [1.82, 2.24) is 9.88 Å². The third-order valence-corrected chi connectivity index (χ3v) is 4.93. The predicted octanol–water partition coefficient (Wildman–Crippen LogP) is 4.31. The molecule has 1 aliphatic heterocycles. The van der Waals surface area contributed by atoms with E-state index >= 15 is 0 Å². The summed E-state index contributed by atoms with van der Waals surface area (Å²) in [4.78, 5) is 17.3. The van der Waals surface area contributed by atoms with Crippen LogP contribution in [0, 0.1) is 12.7 Å². The van der Waals surface area contributed by atoms with Crippen LogP contribution in [0.4, 0.5) is 4.39 Å². The SMILES string of the molecule is Cc1ccc(OCC(=O)N2CC=C(c3c[nH]c4cc(F)ccc34)CC2)cc1. The smallest absolute Gasteiger partial charge is 0.260 e. The van der Waals surface area contributed by atoms with Crippen LogP contribution in [0.3, 0.4) is 0 Å². The van der Waals surface area contributed by atoms with E-state index in [1.165, 1.54) is 17.7 Å². The van der Waals surface area contributed by atoms with Gasteiger partial charge in [0.15, 0.2) is 6.61 Å². The fourth-order valence-corrected chi connectivity index (χ4v) is 3.38. The first-order chi connectivity index (χ1) is 13.1. The third kappa shape index (κ3) is 3.72. The Bertz CT molecular complexity index is 1000. The van der Waals surface area contributed by atoms with Crippen LogP contribution >= 0.6 is 0 Å². The van der Waals surface area contributed by atoms with E-state index in [1.807, 2.05) is 37.4 Å². The maximum Gasteiger partial charge on any atom is 0.260 e. The van der Waals surface area contributed by atoms with Crippen LogP contribution in [-0.2, 0) is 4.79 Å². The summed E-state index contributed by atoms with van der Waals surface area (Å²) in [5.41, 5.74) is 4.20. The van der Waals surface area contributed by atoms with Crippen molar-refractivity contribution in [3.63, 3.8) is 0 Å². The van der Waals surface area contributed by atoms with Crippen molar-refractivity contribution in [2.24, 2.45) is 0 Å². The van der Waals surface area contributed by atoms with E-state index in [1.54, 1.807) is 11.0 Å². The average molecular weight is 364 g/mol. The van der Waals surface area contributed by atoms with Gasteiger partial charge in [0.25, 0.3) is 5.91 Å². The minimum absolute atomic E-state index is 0.0214. The van der Waals surface area contributed by atoms with Crippen molar-refractivity contribution in [2.75, 3.05) is 19.7 Å². The minimum atomic E-state index is -0.251. The van der Waals surface area contributed by atoms with Crippen molar-refractivity contribution >= 4 is 22.4 Å². The van der Waals surface area contributed by atoms with Gasteiger partial charge in [-0.05, 0) is 49.2 Å². The summed E-state index contributed by atoms with van der Waals surface area (Å²) in [6.07, 6.45) is 4.74. The Morgan fingerprint density at radius 3 is 2.78 bits per heavy atom. The highest BCUT2D eigenvalue weighted by Gasteiger charge is 2.20. The van der Waals surface area contributed by atoms with Gasteiger partial charge in [0.1, 0.15) is 11.6 Å². The summed E-state index contributed by atoms with van der Waals surface area (Å²) >= 11 is 0. The molecule has 1 aromatic heterocycles. The minimum Gasteiger partial charge on any atom is -0.484 e. The van der Waals surface area contributed by atoms with Crippen LogP contribution in [0.25, 0.3) is 16.5 Å². The zero-order valence-electron chi connectivity index (χ0n) is 15.2. The van der Waals surface area contributed by atoms with E-state index < -0.39 is 0 Å². The van der Waals surface area contributed by atoms with Crippen molar-refractivity contribution in [3.05, 3.63) is 71.7 Å². The number of rotatable bonds is 4. The van der Waals surface area contributed by atoms with Crippen molar-refractivity contribution in [2.45, 2.75) is 13.3 Å². The molecule has 0 spiro atoms. The molecule has 0 radical (unpaired) electrons. The lowest BCUT2D eigenvalue weighted by molar-refractivity contribution is -0.132. The second kappa shape index (κ2) is 7.27. The summed E-state index contributed by atoms with van der Waals surface area (Å²) < 4.78 is 18.9. The Labute approximate surface area is 157 Å². The molecule has 5 heteroatoms. The Morgan fingerprint density at radius 2 is 2.04 bits per heavy atom. The maximum atomic E-state index is 13.4. The van der Waals surface area contributed by atoms with Crippen LogP contribution in [0.2, 0.25) is 0 Å². The molecule has 0 atom stereocenters. The van der Waals surface area contributed by atoms with Crippen LogP contribution in [-0.4, -0.2) is 35.5 Å². The van der Waals surface area contributed by atoms with Crippen LogP contribution in [0.1, 0.15) is 17.5 Å². The van der Waals surface area contributed by atoms with Crippen LogP contribution < -0.4 is 4.74 Å². The van der Waals surface area contributed by atoms with Gasteiger partial charge in [0.2, 0.25) is 0 Å². The maximum absolute atomic E-state index is 13.4. The molecule has 27 heavy (non-hydrogen) atoms. The zero-order valence-corrected chi connectivity index (χ0v) is 15.2. The molecular weight excluding hydrogens is 343 g/mol. The van der Waals surface area contributed by atoms with Crippen LogP contribution in [0.5, 0.6) is 5.75 Å². The van der Waals surface area contributed by atoms with E-state index in [0.717, 1.165) is 28.5 Å². The molecule has 4 nitrogen and oxygen atoms in total. The number of carbonyl (C=O) groups is 1. The number of ether oxygens (including phenoxy) is 1. The number of aromatic amines is 1. The number of nitrogens with one attached hydrogen (secondary N) is 1. The van der Waals surface area contributed by atoms with Gasteiger partial charge in [-0.15, -0.1) is 0 Å². The van der Waals surface area contributed by atoms with Crippen molar-refractivity contribution in [1.29, 1.82) is 0 Å². The number of amides is 1. The number of benzene rings is 2. The van der Waals surface area contributed by atoms with Gasteiger partial charge >= 0.3 is 0 Å². The Kier molecular flexibility index (Phi) is 4.67. The highest BCUT2D eigenvalue weighted by Crippen LogP contribution is 2.29. The quantitative estimate of drug-likeness (QED) is 0.750. The van der Waals surface area contributed by atoms with Gasteiger partial charge in [-0.3, -0.25) is 4.79 Å². The molecule has 0 saturated heterocycles. The molecule has 0 fully saturated rings. The summed E-state index contributed by atoms with van der Waals surface area (Å²) in [6.45, 7) is 3.25. The monoisotopic (exact) mass is 364 g/mol. The normalized spacial score (nSPS) is 14.3. The number of hydrogen-bond donors (Lipinski definition) is 1. The van der Waals surface area contributed by atoms with Crippen molar-refractivity contribution in [3.8, 4) is 5.75 Å². The molecule has 0 unspecified atom stereocenters. The first-order valence-corrected chi connectivity index (χ1v) is 9.03. The number of aryl methyl sites for hydroxylation is 1. The number of aromatic nitrogens is 1. The largest absolute Gasteiger partial charge is 0.484 e. The number of H-pyrrole nitrogens is 1. The molecular formula is C22H21FN2O2. The summed E-state index contributed by atoms with van der Waals surface area (Å²) in [7, 11) is 0. The predicted molar refractivity (Wildman–Crippen MR) is 104 cm³/mol. The van der Waals surface area contributed by atoms with Crippen LogP contribution in [0.15, 0.2) is 54.7 Å². The number of halogens is 1. The Morgan fingerprint density at radius 1 is 1.22 bits per heavy atom. The molecule has 1 N–H and O–H groups in total. The lowest BCUT2D eigenvalue weighted by atomic mass is 9.99. The second-order valence-corrected chi connectivity index (χ2v) is 6.81. The highest BCUT2D eigenvalue weighted by atomic mass is 19.1. The third-order valence-electron chi connectivity index (χ3n) is 4.93. The van der Waals surface area contributed by atoms with Gasteiger partial charge in [-0.25, -0.2) is 4.39 Å². The van der Waals surface area contributed by atoms with Gasteiger partial charge < -0.3 is 14.6 Å². The van der Waals surface area contributed by atoms with E-state index in [4.69, 9.17) is 4.74 Å². The van der Waals surface area contributed by atoms with E-state index in [0.29, 0.717) is 18.8 Å². The van der Waals surface area contributed by atoms with E-state index in [9.17, 15) is 9.18 Å². The first-order valence-electron chi connectivity index (χ1n) is 9.03. The fraction of sp³-hybridized carbons (Fsp3) is 0.227. The molecule has 4 rings (SSSR count). The van der Waals surface area contributed by atoms with E-state index in [2.05, 4.69) is 11.1 Å². The summed E-state index contributed by atoms with van der Waals surface area (Å²) in [5, 5.41) is 1.00.